The van der Waals surface area contributed by atoms with Crippen LogP contribution in [0.1, 0.15) is 30.1 Å². The van der Waals surface area contributed by atoms with Gasteiger partial charge in [-0.2, -0.15) is 0 Å². The predicted octanol–water partition coefficient (Wildman–Crippen LogP) is 3.05. The molecule has 19 heavy (non-hydrogen) atoms. The first-order chi connectivity index (χ1) is 8.90. The largest absolute Gasteiger partial charge is 0.461 e. The molecule has 0 spiro atoms. The molecular weight excluding hydrogens is 254 g/mol. The molecule has 0 aliphatic carbocycles. The molecule has 0 unspecified atom stereocenters. The van der Waals surface area contributed by atoms with Gasteiger partial charge < -0.3 is 4.74 Å². The summed E-state index contributed by atoms with van der Waals surface area (Å²) in [4.78, 5) is 22.9. The summed E-state index contributed by atoms with van der Waals surface area (Å²) >= 11 is 0. The Morgan fingerprint density at radius 2 is 1.95 bits per heavy atom. The van der Waals surface area contributed by atoms with Gasteiger partial charge in [-0.1, -0.05) is 6.58 Å². The maximum absolute atomic E-state index is 13.3. The minimum atomic E-state index is -0.930. The molecule has 1 aromatic carbocycles. The van der Waals surface area contributed by atoms with Crippen molar-refractivity contribution in [2.45, 2.75) is 19.8 Å². The number of carbonyl (C=O) groups is 2. The molecule has 102 valence electrons. The summed E-state index contributed by atoms with van der Waals surface area (Å²) < 4.78 is 30.8. The van der Waals surface area contributed by atoms with E-state index in [-0.39, 0.29) is 25.0 Å². The predicted molar refractivity (Wildman–Crippen MR) is 65.7 cm³/mol. The van der Waals surface area contributed by atoms with Crippen molar-refractivity contribution in [2.24, 2.45) is 0 Å². The SMILES string of the molecule is C=C(C)COC(=O)CCC(=O)c1ccc(F)cc1F. The van der Waals surface area contributed by atoms with Gasteiger partial charge in [0.05, 0.1) is 12.0 Å². The lowest BCUT2D eigenvalue weighted by atomic mass is 10.1. The van der Waals surface area contributed by atoms with Gasteiger partial charge in [0.15, 0.2) is 5.78 Å². The van der Waals surface area contributed by atoms with Crippen molar-refractivity contribution in [3.63, 3.8) is 0 Å². The summed E-state index contributed by atoms with van der Waals surface area (Å²) in [6, 6.07) is 2.69. The second-order valence-corrected chi connectivity index (χ2v) is 4.17. The van der Waals surface area contributed by atoms with E-state index in [1.165, 1.54) is 0 Å². The number of ether oxygens (including phenoxy) is 1. The Hall–Kier alpha value is -2.04. The molecule has 0 aliphatic rings. The first-order valence-corrected chi connectivity index (χ1v) is 5.68. The Morgan fingerprint density at radius 1 is 1.26 bits per heavy atom. The molecule has 0 N–H and O–H groups in total. The van der Waals surface area contributed by atoms with Gasteiger partial charge in [-0.25, -0.2) is 8.78 Å². The zero-order valence-electron chi connectivity index (χ0n) is 10.5. The summed E-state index contributed by atoms with van der Waals surface area (Å²) in [6.45, 7) is 5.36. The monoisotopic (exact) mass is 268 g/mol. The Kier molecular flexibility index (Phi) is 5.36. The van der Waals surface area contributed by atoms with Gasteiger partial charge in [-0.3, -0.25) is 9.59 Å². The summed E-state index contributed by atoms with van der Waals surface area (Å²) in [6.07, 6.45) is -0.333. The highest BCUT2D eigenvalue weighted by atomic mass is 19.1. The second kappa shape index (κ2) is 6.78. The summed E-state index contributed by atoms with van der Waals surface area (Å²) in [5.41, 5.74) is 0.457. The molecular formula is C14H14F2O3. The number of esters is 1. The van der Waals surface area contributed by atoms with E-state index in [0.717, 1.165) is 12.1 Å². The van der Waals surface area contributed by atoms with Crippen molar-refractivity contribution in [1.29, 1.82) is 0 Å². The highest BCUT2D eigenvalue weighted by molar-refractivity contribution is 5.97. The molecule has 5 heteroatoms. The van der Waals surface area contributed by atoms with Crippen molar-refractivity contribution in [3.8, 4) is 0 Å². The van der Waals surface area contributed by atoms with Gasteiger partial charge in [0.1, 0.15) is 18.2 Å². The van der Waals surface area contributed by atoms with Crippen LogP contribution in [-0.4, -0.2) is 18.4 Å². The van der Waals surface area contributed by atoms with Crippen molar-refractivity contribution < 1.29 is 23.1 Å². The number of hydrogen-bond acceptors (Lipinski definition) is 3. The average molecular weight is 268 g/mol. The van der Waals surface area contributed by atoms with Crippen molar-refractivity contribution in [3.05, 3.63) is 47.5 Å². The number of hydrogen-bond donors (Lipinski definition) is 0. The van der Waals surface area contributed by atoms with Crippen molar-refractivity contribution in [1.82, 2.24) is 0 Å². The van der Waals surface area contributed by atoms with E-state index in [1.807, 2.05) is 0 Å². The van der Waals surface area contributed by atoms with Crippen LogP contribution in [-0.2, 0) is 9.53 Å². The highest BCUT2D eigenvalue weighted by Gasteiger charge is 2.14. The quantitative estimate of drug-likeness (QED) is 0.452. The van der Waals surface area contributed by atoms with Crippen LogP contribution in [0.4, 0.5) is 8.78 Å². The van der Waals surface area contributed by atoms with Crippen LogP contribution in [0.2, 0.25) is 0 Å². The molecule has 0 saturated heterocycles. The van der Waals surface area contributed by atoms with Crippen LogP contribution < -0.4 is 0 Å². The van der Waals surface area contributed by atoms with E-state index in [4.69, 9.17) is 4.74 Å². The molecule has 0 atom stereocenters. The maximum Gasteiger partial charge on any atom is 0.306 e. The molecule has 0 aliphatic heterocycles. The molecule has 0 aromatic heterocycles. The van der Waals surface area contributed by atoms with Crippen molar-refractivity contribution >= 4 is 11.8 Å². The number of Topliss-reactive ketones (excluding diaryl/α,β-unsaturated/α-hetero) is 1. The van der Waals surface area contributed by atoms with Crippen molar-refractivity contribution in [2.75, 3.05) is 6.61 Å². The lowest BCUT2D eigenvalue weighted by molar-refractivity contribution is -0.142. The minimum Gasteiger partial charge on any atom is -0.461 e. The maximum atomic E-state index is 13.3. The van der Waals surface area contributed by atoms with Crippen LogP contribution in [0.3, 0.4) is 0 Å². The molecule has 3 nitrogen and oxygen atoms in total. The standard InChI is InChI=1S/C14H14F2O3/c1-9(2)8-19-14(18)6-5-13(17)11-4-3-10(15)7-12(11)16/h3-4,7H,1,5-6,8H2,2H3. The van der Waals surface area contributed by atoms with Crippen LogP contribution in [0.5, 0.6) is 0 Å². The van der Waals surface area contributed by atoms with E-state index in [2.05, 4.69) is 6.58 Å². The lowest BCUT2D eigenvalue weighted by Gasteiger charge is -2.04. The van der Waals surface area contributed by atoms with Gasteiger partial charge >= 0.3 is 5.97 Å². The van der Waals surface area contributed by atoms with E-state index in [1.54, 1.807) is 6.92 Å². The number of rotatable bonds is 6. The van der Waals surface area contributed by atoms with Gasteiger partial charge in [0.2, 0.25) is 0 Å². The van der Waals surface area contributed by atoms with Crippen LogP contribution in [0.25, 0.3) is 0 Å². The highest BCUT2D eigenvalue weighted by Crippen LogP contribution is 2.13. The number of benzene rings is 1. The topological polar surface area (TPSA) is 43.4 Å². The van der Waals surface area contributed by atoms with E-state index >= 15 is 0 Å². The van der Waals surface area contributed by atoms with Gasteiger partial charge in [-0.15, -0.1) is 0 Å². The first-order valence-electron chi connectivity index (χ1n) is 5.68. The fourth-order valence-corrected chi connectivity index (χ4v) is 1.34. The Labute approximate surface area is 109 Å². The molecule has 0 saturated carbocycles. The minimum absolute atomic E-state index is 0.0952. The average Bonchev–Trinajstić information content (AvgIpc) is 2.33. The van der Waals surface area contributed by atoms with Crippen LogP contribution in [0.15, 0.2) is 30.4 Å². The zero-order valence-corrected chi connectivity index (χ0v) is 10.5. The molecule has 1 aromatic rings. The fourth-order valence-electron chi connectivity index (χ4n) is 1.34. The fraction of sp³-hybridized carbons (Fsp3) is 0.286. The molecule has 0 fully saturated rings. The van der Waals surface area contributed by atoms with Crippen LogP contribution >= 0.6 is 0 Å². The number of carbonyl (C=O) groups excluding carboxylic acids is 2. The van der Waals surface area contributed by atoms with Gasteiger partial charge in [-0.05, 0) is 24.6 Å². The third kappa shape index (κ3) is 4.99. The Bertz CT molecular complexity index is 509. The lowest BCUT2D eigenvalue weighted by Crippen LogP contribution is -2.10. The normalized spacial score (nSPS) is 10.1. The van der Waals surface area contributed by atoms with E-state index in [0.29, 0.717) is 11.6 Å². The van der Waals surface area contributed by atoms with E-state index in [9.17, 15) is 18.4 Å². The van der Waals surface area contributed by atoms with Gasteiger partial charge in [0.25, 0.3) is 0 Å². The summed E-state index contributed by atoms with van der Waals surface area (Å²) in [5, 5.41) is 0. The van der Waals surface area contributed by atoms with E-state index < -0.39 is 23.4 Å². The molecule has 0 amide bonds. The summed E-state index contributed by atoms with van der Waals surface area (Å²) in [5.74, 6) is -2.81. The van der Waals surface area contributed by atoms with Crippen LogP contribution in [0, 0.1) is 11.6 Å². The number of ketones is 1. The third-order valence-corrected chi connectivity index (χ3v) is 2.27. The Morgan fingerprint density at radius 3 is 2.53 bits per heavy atom. The second-order valence-electron chi connectivity index (χ2n) is 4.17. The smallest absolute Gasteiger partial charge is 0.306 e. The molecule has 0 radical (unpaired) electrons. The molecule has 0 bridgehead atoms. The van der Waals surface area contributed by atoms with Gasteiger partial charge in [0, 0.05) is 12.5 Å². The summed E-state index contributed by atoms with van der Waals surface area (Å²) in [7, 11) is 0. The first kappa shape index (κ1) is 15.0. The third-order valence-electron chi connectivity index (χ3n) is 2.27. The molecule has 0 heterocycles. The Balaban J connectivity index is 2.51. The zero-order chi connectivity index (χ0) is 14.4. The molecule has 1 rings (SSSR count). The number of halogens is 2.